The fraction of sp³-hybridized carbons (Fsp3) is 0.654. The number of carbonyl (C=O) groups excluding carboxylic acids is 3. The van der Waals surface area contributed by atoms with Crippen molar-refractivity contribution in [1.82, 2.24) is 15.1 Å². The highest BCUT2D eigenvalue weighted by atomic mass is 16.6. The molecule has 3 amide bonds. The Bertz CT molecular complexity index is 871. The van der Waals surface area contributed by atoms with Gasteiger partial charge >= 0.3 is 6.09 Å². The van der Waals surface area contributed by atoms with E-state index in [0.29, 0.717) is 25.2 Å². The highest BCUT2D eigenvalue weighted by Crippen LogP contribution is 2.25. The molecule has 8 nitrogen and oxygen atoms in total. The van der Waals surface area contributed by atoms with E-state index in [2.05, 4.69) is 5.32 Å². The molecule has 1 aromatic rings. The molecule has 0 aliphatic carbocycles. The maximum absolute atomic E-state index is 13.3. The Morgan fingerprint density at radius 2 is 1.59 bits per heavy atom. The average Bonchev–Trinajstić information content (AvgIpc) is 2.69. The number of hydrogen-bond acceptors (Lipinski definition) is 5. The number of piperazine rings is 1. The van der Waals surface area contributed by atoms with E-state index in [1.54, 1.807) is 54.8 Å². The van der Waals surface area contributed by atoms with Gasteiger partial charge in [0, 0.05) is 25.2 Å². The highest BCUT2D eigenvalue weighted by molar-refractivity contribution is 5.95. The second kappa shape index (κ2) is 10.7. The van der Waals surface area contributed by atoms with Gasteiger partial charge < -0.3 is 24.6 Å². The van der Waals surface area contributed by atoms with E-state index in [1.807, 2.05) is 41.5 Å². The SMILES string of the molecule is CC(C)Oc1ccc(C(=O)N2CCN(C(=O)[C@@H](NC(=O)OC(C)(C)C)C(C)C)CC2(C)C)cc1. The van der Waals surface area contributed by atoms with Gasteiger partial charge in [0.05, 0.1) is 11.6 Å². The minimum absolute atomic E-state index is 0.0607. The molecule has 0 radical (unpaired) electrons. The van der Waals surface area contributed by atoms with Gasteiger partial charge in [-0.2, -0.15) is 0 Å². The third-order valence-electron chi connectivity index (χ3n) is 5.54. The van der Waals surface area contributed by atoms with Crippen LogP contribution in [-0.2, 0) is 9.53 Å². The standard InChI is InChI=1S/C26H41N3O5/c1-17(2)21(27-24(32)34-25(5,6)7)23(31)28-14-15-29(26(8,9)16-28)22(30)19-10-12-20(13-11-19)33-18(3)4/h10-13,17-18,21H,14-16H2,1-9H3,(H,27,32)/t21-/m0/s1. The fourth-order valence-electron chi connectivity index (χ4n) is 3.97. The van der Waals surface area contributed by atoms with Crippen molar-refractivity contribution < 1.29 is 23.9 Å². The van der Waals surface area contributed by atoms with Crippen LogP contribution in [0.5, 0.6) is 5.75 Å². The zero-order valence-corrected chi connectivity index (χ0v) is 22.1. The molecule has 2 rings (SSSR count). The van der Waals surface area contributed by atoms with Crippen LogP contribution in [0.25, 0.3) is 0 Å². The number of nitrogens with zero attached hydrogens (tertiary/aromatic N) is 2. The molecular weight excluding hydrogens is 434 g/mol. The van der Waals surface area contributed by atoms with Gasteiger partial charge in [-0.25, -0.2) is 4.79 Å². The normalized spacial score (nSPS) is 16.9. The molecule has 8 heteroatoms. The second-order valence-corrected chi connectivity index (χ2v) is 11.1. The molecule has 190 valence electrons. The van der Waals surface area contributed by atoms with Crippen molar-refractivity contribution >= 4 is 17.9 Å². The van der Waals surface area contributed by atoms with Crippen molar-refractivity contribution in [2.45, 2.75) is 85.6 Å². The van der Waals surface area contributed by atoms with Gasteiger partial charge in [-0.1, -0.05) is 13.8 Å². The van der Waals surface area contributed by atoms with Crippen molar-refractivity contribution in [1.29, 1.82) is 0 Å². The summed E-state index contributed by atoms with van der Waals surface area (Å²) in [6, 6.07) is 6.44. The lowest BCUT2D eigenvalue weighted by atomic mass is 9.95. The molecule has 1 saturated heterocycles. The summed E-state index contributed by atoms with van der Waals surface area (Å²) in [6.07, 6.45) is -0.553. The molecule has 0 bridgehead atoms. The molecule has 1 atom stereocenters. The maximum atomic E-state index is 13.3. The quantitative estimate of drug-likeness (QED) is 0.670. The molecule has 0 aromatic heterocycles. The Labute approximate surface area is 204 Å². The van der Waals surface area contributed by atoms with Crippen LogP contribution in [0.15, 0.2) is 24.3 Å². The maximum Gasteiger partial charge on any atom is 0.408 e. The lowest BCUT2D eigenvalue weighted by molar-refractivity contribution is -0.138. The monoisotopic (exact) mass is 475 g/mol. The van der Waals surface area contributed by atoms with Crippen molar-refractivity contribution in [3.05, 3.63) is 29.8 Å². The third-order valence-corrected chi connectivity index (χ3v) is 5.54. The summed E-state index contributed by atoms with van der Waals surface area (Å²) < 4.78 is 11.0. The summed E-state index contributed by atoms with van der Waals surface area (Å²) in [5, 5.41) is 2.73. The Kier molecular flexibility index (Phi) is 8.61. The smallest absolute Gasteiger partial charge is 0.408 e. The van der Waals surface area contributed by atoms with Crippen molar-refractivity contribution in [2.75, 3.05) is 19.6 Å². The largest absolute Gasteiger partial charge is 0.491 e. The van der Waals surface area contributed by atoms with Gasteiger partial charge in [-0.3, -0.25) is 9.59 Å². The Morgan fingerprint density at radius 3 is 2.06 bits per heavy atom. The van der Waals surface area contributed by atoms with E-state index in [4.69, 9.17) is 9.47 Å². The average molecular weight is 476 g/mol. The first-order chi connectivity index (χ1) is 15.6. The first-order valence-corrected chi connectivity index (χ1v) is 12.0. The number of benzene rings is 1. The molecule has 0 spiro atoms. The first kappa shape index (κ1) is 27.5. The zero-order chi connectivity index (χ0) is 25.8. The molecule has 1 aromatic carbocycles. The molecule has 1 aliphatic heterocycles. The van der Waals surface area contributed by atoms with Crippen molar-refractivity contribution in [2.24, 2.45) is 5.92 Å². The summed E-state index contributed by atoms with van der Waals surface area (Å²) >= 11 is 0. The molecular formula is C26H41N3O5. The van der Waals surface area contributed by atoms with E-state index < -0.39 is 23.3 Å². The summed E-state index contributed by atoms with van der Waals surface area (Å²) in [5.41, 5.74) is -0.650. The molecule has 1 aliphatic rings. The summed E-state index contributed by atoms with van der Waals surface area (Å²) in [6.45, 7) is 18.1. The van der Waals surface area contributed by atoms with Gasteiger partial charge in [-0.05, 0) is 78.6 Å². The summed E-state index contributed by atoms with van der Waals surface area (Å²) in [4.78, 5) is 42.4. The van der Waals surface area contributed by atoms with E-state index in [-0.39, 0.29) is 23.8 Å². The lowest BCUT2D eigenvalue weighted by Crippen LogP contribution is -2.64. The van der Waals surface area contributed by atoms with Gasteiger partial charge in [0.1, 0.15) is 17.4 Å². The van der Waals surface area contributed by atoms with Crippen LogP contribution >= 0.6 is 0 Å². The van der Waals surface area contributed by atoms with E-state index in [1.165, 1.54) is 0 Å². The van der Waals surface area contributed by atoms with Crippen LogP contribution in [0.3, 0.4) is 0 Å². The molecule has 34 heavy (non-hydrogen) atoms. The van der Waals surface area contributed by atoms with Crippen LogP contribution in [0, 0.1) is 5.92 Å². The van der Waals surface area contributed by atoms with Gasteiger partial charge in [0.15, 0.2) is 0 Å². The Morgan fingerprint density at radius 1 is 1.00 bits per heavy atom. The fourth-order valence-corrected chi connectivity index (χ4v) is 3.97. The molecule has 0 unspecified atom stereocenters. The number of nitrogens with one attached hydrogen (secondary N) is 1. The van der Waals surface area contributed by atoms with Gasteiger partial charge in [-0.15, -0.1) is 0 Å². The predicted molar refractivity (Wildman–Crippen MR) is 132 cm³/mol. The van der Waals surface area contributed by atoms with E-state index in [9.17, 15) is 14.4 Å². The van der Waals surface area contributed by atoms with Crippen LogP contribution < -0.4 is 10.1 Å². The molecule has 1 fully saturated rings. The summed E-state index contributed by atoms with van der Waals surface area (Å²) in [7, 11) is 0. The number of alkyl carbamates (subject to hydrolysis) is 1. The van der Waals surface area contributed by atoms with Crippen molar-refractivity contribution in [3.8, 4) is 5.75 Å². The predicted octanol–water partition coefficient (Wildman–Crippen LogP) is 4.09. The molecule has 0 saturated carbocycles. The number of hydrogen-bond donors (Lipinski definition) is 1. The van der Waals surface area contributed by atoms with Crippen LogP contribution in [0.4, 0.5) is 4.79 Å². The summed E-state index contributed by atoms with van der Waals surface area (Å²) in [5.74, 6) is 0.351. The van der Waals surface area contributed by atoms with Gasteiger partial charge in [0.2, 0.25) is 5.91 Å². The molecule has 1 N–H and O–H groups in total. The topological polar surface area (TPSA) is 88.2 Å². The molecule has 1 heterocycles. The third kappa shape index (κ3) is 7.37. The minimum Gasteiger partial charge on any atom is -0.491 e. The minimum atomic E-state index is -0.707. The Hall–Kier alpha value is -2.77. The first-order valence-electron chi connectivity index (χ1n) is 12.0. The van der Waals surface area contributed by atoms with Crippen molar-refractivity contribution in [3.63, 3.8) is 0 Å². The number of rotatable bonds is 6. The highest BCUT2D eigenvalue weighted by Gasteiger charge is 2.41. The van der Waals surface area contributed by atoms with E-state index in [0.717, 1.165) is 5.75 Å². The van der Waals surface area contributed by atoms with Gasteiger partial charge in [0.25, 0.3) is 5.91 Å². The second-order valence-electron chi connectivity index (χ2n) is 11.1. The van der Waals surface area contributed by atoms with Crippen LogP contribution in [-0.4, -0.2) is 70.6 Å². The lowest BCUT2D eigenvalue weighted by Gasteiger charge is -2.48. The zero-order valence-electron chi connectivity index (χ0n) is 22.1. The number of ether oxygens (including phenoxy) is 2. The Balaban J connectivity index is 2.09. The van der Waals surface area contributed by atoms with E-state index >= 15 is 0 Å². The van der Waals surface area contributed by atoms with Crippen LogP contribution in [0.2, 0.25) is 0 Å². The number of carbonyl (C=O) groups is 3. The van der Waals surface area contributed by atoms with Crippen LogP contribution in [0.1, 0.15) is 72.7 Å². The number of amides is 3.